The Balaban J connectivity index is 1.82. The van der Waals surface area contributed by atoms with Gasteiger partial charge in [0.2, 0.25) is 0 Å². The number of hydrogen-bond acceptors (Lipinski definition) is 2. The van der Waals surface area contributed by atoms with Crippen molar-refractivity contribution in [2.45, 2.75) is 38.1 Å². The molecular formula is C12H22BrNO. The summed E-state index contributed by atoms with van der Waals surface area (Å²) in [7, 11) is 1.80. The molecule has 15 heavy (non-hydrogen) atoms. The molecule has 0 saturated heterocycles. The lowest BCUT2D eigenvalue weighted by atomic mass is 9.70. The third-order valence-electron chi connectivity index (χ3n) is 3.88. The predicted molar refractivity (Wildman–Crippen MR) is 66.5 cm³/mol. The Morgan fingerprint density at radius 3 is 2.53 bits per heavy atom. The van der Waals surface area contributed by atoms with Crippen LogP contribution in [0.2, 0.25) is 0 Å². The van der Waals surface area contributed by atoms with Crippen molar-refractivity contribution in [3.8, 4) is 0 Å². The zero-order valence-electron chi connectivity index (χ0n) is 9.67. The van der Waals surface area contributed by atoms with E-state index in [0.717, 1.165) is 19.2 Å². The van der Waals surface area contributed by atoms with Crippen molar-refractivity contribution >= 4 is 15.9 Å². The van der Waals surface area contributed by atoms with Crippen LogP contribution in [-0.4, -0.2) is 43.1 Å². The second kappa shape index (κ2) is 5.15. The Hall–Kier alpha value is 0.400. The summed E-state index contributed by atoms with van der Waals surface area (Å²) in [5.74, 6) is 0. The molecule has 0 amide bonds. The topological polar surface area (TPSA) is 12.5 Å². The summed E-state index contributed by atoms with van der Waals surface area (Å²) in [5, 5.41) is 1.18. The lowest BCUT2D eigenvalue weighted by Crippen LogP contribution is -2.45. The van der Waals surface area contributed by atoms with E-state index in [0.29, 0.717) is 5.41 Å². The number of alkyl halides is 1. The SMILES string of the molecule is COCCN(CC1(CBr)CCC1)C1CC1. The number of hydrogen-bond donors (Lipinski definition) is 0. The third-order valence-corrected chi connectivity index (χ3v) is 5.07. The van der Waals surface area contributed by atoms with E-state index in [4.69, 9.17) is 4.74 Å². The number of rotatable bonds is 7. The van der Waals surface area contributed by atoms with Gasteiger partial charge in [0.25, 0.3) is 0 Å². The van der Waals surface area contributed by atoms with E-state index in [1.807, 2.05) is 0 Å². The molecular weight excluding hydrogens is 254 g/mol. The monoisotopic (exact) mass is 275 g/mol. The van der Waals surface area contributed by atoms with Gasteiger partial charge in [0.05, 0.1) is 6.61 Å². The largest absolute Gasteiger partial charge is 0.383 e. The molecule has 0 aliphatic heterocycles. The lowest BCUT2D eigenvalue weighted by molar-refractivity contribution is 0.0660. The van der Waals surface area contributed by atoms with Crippen molar-refractivity contribution < 1.29 is 4.74 Å². The quantitative estimate of drug-likeness (QED) is 0.663. The first-order valence-corrected chi connectivity index (χ1v) is 7.21. The zero-order valence-corrected chi connectivity index (χ0v) is 11.3. The van der Waals surface area contributed by atoms with Crippen LogP contribution in [0, 0.1) is 5.41 Å². The summed E-state index contributed by atoms with van der Waals surface area (Å²) in [6, 6.07) is 0.872. The van der Waals surface area contributed by atoms with E-state index in [9.17, 15) is 0 Å². The molecule has 0 spiro atoms. The van der Waals surface area contributed by atoms with Crippen LogP contribution in [0.25, 0.3) is 0 Å². The van der Waals surface area contributed by atoms with Crippen molar-refractivity contribution in [3.63, 3.8) is 0 Å². The summed E-state index contributed by atoms with van der Waals surface area (Å²) < 4.78 is 5.20. The average molecular weight is 276 g/mol. The molecule has 2 saturated carbocycles. The first-order chi connectivity index (χ1) is 7.29. The summed E-state index contributed by atoms with van der Waals surface area (Å²) in [5.41, 5.74) is 0.594. The molecule has 0 aromatic rings. The van der Waals surface area contributed by atoms with E-state index >= 15 is 0 Å². The summed E-state index contributed by atoms with van der Waals surface area (Å²) in [6.45, 7) is 3.29. The molecule has 88 valence electrons. The molecule has 2 rings (SSSR count). The van der Waals surface area contributed by atoms with E-state index in [1.165, 1.54) is 44.0 Å². The first-order valence-electron chi connectivity index (χ1n) is 6.09. The van der Waals surface area contributed by atoms with Crippen LogP contribution < -0.4 is 0 Å². The summed E-state index contributed by atoms with van der Waals surface area (Å²) in [4.78, 5) is 2.66. The first kappa shape index (κ1) is 11.9. The molecule has 0 heterocycles. The van der Waals surface area contributed by atoms with Crippen LogP contribution in [0.1, 0.15) is 32.1 Å². The molecule has 0 unspecified atom stereocenters. The van der Waals surface area contributed by atoms with Gasteiger partial charge < -0.3 is 4.74 Å². The Labute approximate surface area is 101 Å². The van der Waals surface area contributed by atoms with Crippen LogP contribution in [0.5, 0.6) is 0 Å². The highest BCUT2D eigenvalue weighted by molar-refractivity contribution is 9.09. The fraction of sp³-hybridized carbons (Fsp3) is 1.00. The fourth-order valence-corrected chi connectivity index (χ4v) is 3.22. The van der Waals surface area contributed by atoms with Gasteiger partial charge in [0, 0.05) is 31.6 Å². The van der Waals surface area contributed by atoms with Crippen LogP contribution >= 0.6 is 15.9 Å². The number of methoxy groups -OCH3 is 1. The van der Waals surface area contributed by atoms with Crippen molar-refractivity contribution in [1.82, 2.24) is 4.90 Å². The van der Waals surface area contributed by atoms with Gasteiger partial charge in [0.1, 0.15) is 0 Å². The number of nitrogens with zero attached hydrogens (tertiary/aromatic N) is 1. The van der Waals surface area contributed by atoms with Gasteiger partial charge in [-0.1, -0.05) is 22.4 Å². The second-order valence-corrected chi connectivity index (χ2v) is 5.74. The maximum absolute atomic E-state index is 5.20. The fourth-order valence-electron chi connectivity index (χ4n) is 2.48. The van der Waals surface area contributed by atoms with E-state index < -0.39 is 0 Å². The normalized spacial score (nSPS) is 24.2. The summed E-state index contributed by atoms with van der Waals surface area (Å²) in [6.07, 6.45) is 7.06. The van der Waals surface area contributed by atoms with Gasteiger partial charge >= 0.3 is 0 Å². The van der Waals surface area contributed by atoms with Gasteiger partial charge in [0.15, 0.2) is 0 Å². The third kappa shape index (κ3) is 2.95. The van der Waals surface area contributed by atoms with Gasteiger partial charge in [-0.3, -0.25) is 4.90 Å². The molecule has 2 nitrogen and oxygen atoms in total. The minimum Gasteiger partial charge on any atom is -0.383 e. The maximum atomic E-state index is 5.20. The second-order valence-electron chi connectivity index (χ2n) is 5.18. The maximum Gasteiger partial charge on any atom is 0.0589 e. The minimum absolute atomic E-state index is 0.594. The van der Waals surface area contributed by atoms with Crippen LogP contribution in [0.3, 0.4) is 0 Å². The highest BCUT2D eigenvalue weighted by Gasteiger charge is 2.40. The number of halogens is 1. The lowest BCUT2D eigenvalue weighted by Gasteiger charge is -2.44. The van der Waals surface area contributed by atoms with Gasteiger partial charge in [-0.15, -0.1) is 0 Å². The van der Waals surface area contributed by atoms with Crippen molar-refractivity contribution in [2.24, 2.45) is 5.41 Å². The Bertz CT molecular complexity index is 196. The minimum atomic E-state index is 0.594. The van der Waals surface area contributed by atoms with Crippen LogP contribution in [-0.2, 0) is 4.74 Å². The van der Waals surface area contributed by atoms with Crippen LogP contribution in [0.4, 0.5) is 0 Å². The van der Waals surface area contributed by atoms with E-state index in [-0.39, 0.29) is 0 Å². The Morgan fingerprint density at radius 2 is 2.13 bits per heavy atom. The average Bonchev–Trinajstić information content (AvgIpc) is 3.00. The van der Waals surface area contributed by atoms with E-state index in [1.54, 1.807) is 7.11 Å². The molecule has 3 heteroatoms. The molecule has 0 N–H and O–H groups in total. The highest BCUT2D eigenvalue weighted by atomic mass is 79.9. The molecule has 0 radical (unpaired) electrons. The standard InChI is InChI=1S/C12H22BrNO/c1-15-8-7-14(11-3-4-11)10-12(9-13)5-2-6-12/h11H,2-10H2,1H3. The molecule has 0 aromatic heterocycles. The van der Waals surface area contributed by atoms with Crippen molar-refractivity contribution in [2.75, 3.05) is 32.1 Å². The van der Waals surface area contributed by atoms with Gasteiger partial charge in [-0.25, -0.2) is 0 Å². The molecule has 2 aliphatic carbocycles. The molecule has 0 aromatic carbocycles. The highest BCUT2D eigenvalue weighted by Crippen LogP contribution is 2.44. The number of ether oxygens (including phenoxy) is 1. The smallest absolute Gasteiger partial charge is 0.0589 e. The molecule has 2 aliphatic rings. The Morgan fingerprint density at radius 1 is 1.40 bits per heavy atom. The van der Waals surface area contributed by atoms with Gasteiger partial charge in [-0.05, 0) is 31.1 Å². The molecule has 0 atom stereocenters. The van der Waals surface area contributed by atoms with Crippen molar-refractivity contribution in [1.29, 1.82) is 0 Å². The zero-order chi connectivity index (χ0) is 10.7. The summed E-state index contributed by atoms with van der Waals surface area (Å²) >= 11 is 3.69. The van der Waals surface area contributed by atoms with E-state index in [2.05, 4.69) is 20.8 Å². The van der Waals surface area contributed by atoms with Gasteiger partial charge in [-0.2, -0.15) is 0 Å². The van der Waals surface area contributed by atoms with Crippen LogP contribution in [0.15, 0.2) is 0 Å². The predicted octanol–water partition coefficient (Wildman–Crippen LogP) is 2.66. The molecule has 0 bridgehead atoms. The molecule has 2 fully saturated rings. The van der Waals surface area contributed by atoms with Crippen molar-refractivity contribution in [3.05, 3.63) is 0 Å². The Kier molecular flexibility index (Phi) is 4.08.